The van der Waals surface area contributed by atoms with Crippen LogP contribution in [-0.2, 0) is 0 Å². The normalized spacial score (nSPS) is 12.2. The molecule has 0 spiro atoms. The van der Waals surface area contributed by atoms with Gasteiger partial charge in [-0.2, -0.15) is 0 Å². The predicted molar refractivity (Wildman–Crippen MR) is 77.1 cm³/mol. The number of thiophene rings is 1. The van der Waals surface area contributed by atoms with Crippen molar-refractivity contribution in [3.05, 3.63) is 54.9 Å². The van der Waals surface area contributed by atoms with E-state index in [1.807, 2.05) is 19.1 Å². The summed E-state index contributed by atoms with van der Waals surface area (Å²) >= 11 is 4.84. The maximum Gasteiger partial charge on any atom is 0.295 e. The first-order valence-electron chi connectivity index (χ1n) is 5.43. The molecule has 0 radical (unpaired) electrons. The van der Waals surface area contributed by atoms with Gasteiger partial charge in [-0.05, 0) is 41.1 Å². The van der Waals surface area contributed by atoms with Gasteiger partial charge in [-0.3, -0.25) is 10.1 Å². The molecule has 0 aliphatic heterocycles. The Balaban J connectivity index is 2.30. The minimum Gasteiger partial charge on any atom is -0.370 e. The van der Waals surface area contributed by atoms with E-state index in [-0.39, 0.29) is 17.4 Å². The fourth-order valence-electron chi connectivity index (χ4n) is 1.66. The standard InChI is InChI=1S/C12H10BrFN2O2S/c1-7(10-5-6-11(13)19-10)15-12-8(14)3-2-4-9(12)16(17)18/h2-7,15H,1H3. The molecule has 0 saturated carbocycles. The summed E-state index contributed by atoms with van der Waals surface area (Å²) in [6.07, 6.45) is 0. The highest BCUT2D eigenvalue weighted by Crippen LogP contribution is 2.33. The molecule has 100 valence electrons. The fraction of sp³-hybridized carbons (Fsp3) is 0.167. The molecule has 1 unspecified atom stereocenters. The minimum absolute atomic E-state index is 0.0791. The minimum atomic E-state index is -0.628. The molecule has 0 amide bonds. The topological polar surface area (TPSA) is 55.2 Å². The third-order valence-electron chi connectivity index (χ3n) is 2.57. The molecule has 19 heavy (non-hydrogen) atoms. The second-order valence-corrected chi connectivity index (χ2v) is 6.39. The lowest BCUT2D eigenvalue weighted by molar-refractivity contribution is -0.384. The highest BCUT2D eigenvalue weighted by Gasteiger charge is 2.20. The molecule has 7 heteroatoms. The van der Waals surface area contributed by atoms with E-state index in [0.717, 1.165) is 8.66 Å². The average molecular weight is 345 g/mol. The Morgan fingerprint density at radius 2 is 2.16 bits per heavy atom. The maximum absolute atomic E-state index is 13.7. The molecule has 1 N–H and O–H groups in total. The Kier molecular flexibility index (Phi) is 4.16. The second-order valence-electron chi connectivity index (χ2n) is 3.90. The van der Waals surface area contributed by atoms with Crippen LogP contribution in [0.15, 0.2) is 34.1 Å². The molecule has 4 nitrogen and oxygen atoms in total. The molecule has 1 atom stereocenters. The SMILES string of the molecule is CC(Nc1c(F)cccc1[N+](=O)[O-])c1ccc(Br)s1. The van der Waals surface area contributed by atoms with Crippen molar-refractivity contribution >= 4 is 38.6 Å². The summed E-state index contributed by atoms with van der Waals surface area (Å²) in [4.78, 5) is 11.3. The number of halogens is 2. The van der Waals surface area contributed by atoms with Gasteiger partial charge in [0.2, 0.25) is 0 Å². The molecule has 0 aliphatic carbocycles. The van der Waals surface area contributed by atoms with Crippen LogP contribution in [0.3, 0.4) is 0 Å². The summed E-state index contributed by atoms with van der Waals surface area (Å²) in [7, 11) is 0. The van der Waals surface area contributed by atoms with Gasteiger partial charge in [0.1, 0.15) is 5.69 Å². The van der Waals surface area contributed by atoms with Crippen LogP contribution >= 0.6 is 27.3 Å². The number of nitrogens with zero attached hydrogens (tertiary/aromatic N) is 1. The Labute approximate surface area is 121 Å². The molecule has 1 aromatic carbocycles. The van der Waals surface area contributed by atoms with Crippen LogP contribution in [0.1, 0.15) is 17.8 Å². The molecule has 1 heterocycles. The van der Waals surface area contributed by atoms with Gasteiger partial charge in [-0.25, -0.2) is 4.39 Å². The Morgan fingerprint density at radius 1 is 1.42 bits per heavy atom. The Hall–Kier alpha value is -1.47. The van der Waals surface area contributed by atoms with E-state index in [1.54, 1.807) is 0 Å². The van der Waals surface area contributed by atoms with Crippen LogP contribution in [0.5, 0.6) is 0 Å². The average Bonchev–Trinajstić information content (AvgIpc) is 2.78. The Bertz CT molecular complexity index is 618. The number of benzene rings is 1. The zero-order valence-corrected chi connectivity index (χ0v) is 12.3. The summed E-state index contributed by atoms with van der Waals surface area (Å²) in [5, 5.41) is 13.8. The first-order valence-corrected chi connectivity index (χ1v) is 7.04. The van der Waals surface area contributed by atoms with Crippen molar-refractivity contribution in [3.63, 3.8) is 0 Å². The van der Waals surface area contributed by atoms with Gasteiger partial charge in [-0.15, -0.1) is 11.3 Å². The third kappa shape index (κ3) is 3.10. The quantitative estimate of drug-likeness (QED) is 0.644. The zero-order chi connectivity index (χ0) is 14.0. The number of nitro groups is 1. The van der Waals surface area contributed by atoms with E-state index in [0.29, 0.717) is 0 Å². The first kappa shape index (κ1) is 14.0. The fourth-order valence-corrected chi connectivity index (χ4v) is 3.08. The first-order chi connectivity index (χ1) is 8.99. The monoisotopic (exact) mass is 344 g/mol. The number of rotatable bonds is 4. The molecular formula is C12H10BrFN2O2S. The molecule has 1 aromatic heterocycles. The molecule has 0 aliphatic rings. The maximum atomic E-state index is 13.7. The van der Waals surface area contributed by atoms with Gasteiger partial charge in [0.05, 0.1) is 14.8 Å². The van der Waals surface area contributed by atoms with Gasteiger partial charge in [-0.1, -0.05) is 6.07 Å². The largest absolute Gasteiger partial charge is 0.370 e. The van der Waals surface area contributed by atoms with Crippen molar-refractivity contribution in [1.82, 2.24) is 0 Å². The molecular weight excluding hydrogens is 335 g/mol. The summed E-state index contributed by atoms with van der Waals surface area (Å²) in [5.74, 6) is -0.628. The van der Waals surface area contributed by atoms with Crippen LogP contribution in [-0.4, -0.2) is 4.92 Å². The number of nitro benzene ring substituents is 1. The number of para-hydroxylation sites is 1. The number of hydrogen-bond donors (Lipinski definition) is 1. The van der Waals surface area contributed by atoms with Gasteiger partial charge in [0.25, 0.3) is 5.69 Å². The molecule has 0 bridgehead atoms. The van der Waals surface area contributed by atoms with Crippen molar-refractivity contribution in [2.75, 3.05) is 5.32 Å². The summed E-state index contributed by atoms with van der Waals surface area (Å²) < 4.78 is 14.7. The van der Waals surface area contributed by atoms with Crippen LogP contribution in [0, 0.1) is 15.9 Å². The van der Waals surface area contributed by atoms with E-state index in [1.165, 1.54) is 29.5 Å². The van der Waals surface area contributed by atoms with E-state index in [9.17, 15) is 14.5 Å². The number of anilines is 1. The third-order valence-corrected chi connectivity index (χ3v) is 4.38. The van der Waals surface area contributed by atoms with Gasteiger partial charge in [0, 0.05) is 10.9 Å². The molecule has 2 rings (SSSR count). The second kappa shape index (κ2) is 5.66. The van der Waals surface area contributed by atoms with Crippen LogP contribution in [0.25, 0.3) is 0 Å². The van der Waals surface area contributed by atoms with Crippen molar-refractivity contribution in [3.8, 4) is 0 Å². The van der Waals surface area contributed by atoms with Gasteiger partial charge >= 0.3 is 0 Å². The van der Waals surface area contributed by atoms with Crippen LogP contribution < -0.4 is 5.32 Å². The van der Waals surface area contributed by atoms with Crippen LogP contribution in [0.4, 0.5) is 15.8 Å². The summed E-state index contributed by atoms with van der Waals surface area (Å²) in [5.41, 5.74) is -0.341. The lowest BCUT2D eigenvalue weighted by Crippen LogP contribution is -2.08. The Morgan fingerprint density at radius 3 is 2.74 bits per heavy atom. The molecule has 2 aromatic rings. The van der Waals surface area contributed by atoms with E-state index in [2.05, 4.69) is 21.2 Å². The summed E-state index contributed by atoms with van der Waals surface area (Å²) in [6, 6.07) is 7.36. The van der Waals surface area contributed by atoms with Crippen molar-refractivity contribution in [2.24, 2.45) is 0 Å². The van der Waals surface area contributed by atoms with Gasteiger partial charge in [0.15, 0.2) is 5.82 Å². The van der Waals surface area contributed by atoms with Crippen LogP contribution in [0.2, 0.25) is 0 Å². The number of hydrogen-bond acceptors (Lipinski definition) is 4. The number of nitrogens with one attached hydrogen (secondary N) is 1. The highest BCUT2D eigenvalue weighted by atomic mass is 79.9. The lowest BCUT2D eigenvalue weighted by atomic mass is 10.2. The zero-order valence-electron chi connectivity index (χ0n) is 9.89. The highest BCUT2D eigenvalue weighted by molar-refractivity contribution is 9.11. The van der Waals surface area contributed by atoms with Gasteiger partial charge < -0.3 is 5.32 Å². The van der Waals surface area contributed by atoms with Crippen molar-refractivity contribution in [1.29, 1.82) is 0 Å². The molecule has 0 saturated heterocycles. The van der Waals surface area contributed by atoms with E-state index < -0.39 is 10.7 Å². The van der Waals surface area contributed by atoms with Crippen molar-refractivity contribution < 1.29 is 9.31 Å². The summed E-state index contributed by atoms with van der Waals surface area (Å²) in [6.45, 7) is 1.83. The molecule has 0 fully saturated rings. The van der Waals surface area contributed by atoms with E-state index in [4.69, 9.17) is 0 Å². The van der Waals surface area contributed by atoms with Crippen molar-refractivity contribution in [2.45, 2.75) is 13.0 Å². The van der Waals surface area contributed by atoms with E-state index >= 15 is 0 Å². The predicted octanol–water partition coefficient (Wildman–Crippen LogP) is 4.73. The smallest absolute Gasteiger partial charge is 0.295 e. The lowest BCUT2D eigenvalue weighted by Gasteiger charge is -2.14.